The summed E-state index contributed by atoms with van der Waals surface area (Å²) >= 11 is 6.16. The highest BCUT2D eigenvalue weighted by Crippen LogP contribution is 2.25. The molecule has 0 spiro atoms. The molecule has 0 saturated heterocycles. The fourth-order valence-corrected chi connectivity index (χ4v) is 3.33. The summed E-state index contributed by atoms with van der Waals surface area (Å²) in [4.78, 5) is 27.8. The van der Waals surface area contributed by atoms with Gasteiger partial charge in [-0.1, -0.05) is 29.8 Å². The van der Waals surface area contributed by atoms with Gasteiger partial charge < -0.3 is 10.1 Å². The molecule has 0 aliphatic rings. The minimum absolute atomic E-state index is 0.106. The molecule has 0 fully saturated rings. The van der Waals surface area contributed by atoms with Crippen LogP contribution in [0.2, 0.25) is 5.02 Å². The van der Waals surface area contributed by atoms with Crippen molar-refractivity contribution in [2.75, 3.05) is 11.9 Å². The van der Waals surface area contributed by atoms with Gasteiger partial charge in [-0.15, -0.1) is 5.10 Å². The van der Waals surface area contributed by atoms with Crippen LogP contribution in [0.15, 0.2) is 72.8 Å². The van der Waals surface area contributed by atoms with Crippen LogP contribution in [0.3, 0.4) is 0 Å². The van der Waals surface area contributed by atoms with E-state index in [0.717, 1.165) is 0 Å². The quantitative estimate of drug-likeness (QED) is 0.299. The van der Waals surface area contributed by atoms with Gasteiger partial charge in [-0.2, -0.15) is 0 Å². The van der Waals surface area contributed by atoms with Crippen molar-refractivity contribution >= 4 is 28.9 Å². The number of nitrogens with one attached hydrogen (secondary N) is 1. The Hall–Kier alpha value is -4.24. The van der Waals surface area contributed by atoms with E-state index in [1.807, 2.05) is 13.0 Å². The van der Waals surface area contributed by atoms with E-state index in [4.69, 9.17) is 16.3 Å². The largest absolute Gasteiger partial charge is 0.494 e. The van der Waals surface area contributed by atoms with Crippen molar-refractivity contribution in [1.29, 1.82) is 0 Å². The molecule has 1 N–H and O–H groups in total. The Morgan fingerprint density at radius 1 is 1.12 bits per heavy atom. The number of carbonyl (C=O) groups excluding carboxylic acids is 1. The maximum absolute atomic E-state index is 12.9. The van der Waals surface area contributed by atoms with E-state index in [0.29, 0.717) is 34.5 Å². The summed E-state index contributed by atoms with van der Waals surface area (Å²) in [6, 6.07) is 19.9. The minimum atomic E-state index is -0.608. The number of ether oxygens (including phenoxy) is 1. The maximum Gasteiger partial charge on any atom is 0.295 e. The molecule has 0 radical (unpaired) electrons. The highest BCUT2D eigenvalue weighted by Gasteiger charge is 2.20. The first-order chi connectivity index (χ1) is 15.9. The van der Waals surface area contributed by atoms with Crippen LogP contribution in [0.25, 0.3) is 17.1 Å². The summed E-state index contributed by atoms with van der Waals surface area (Å²) in [6.45, 7) is 2.44. The summed E-state index contributed by atoms with van der Waals surface area (Å²) in [7, 11) is 0. The number of nitro benzene ring substituents is 1. The lowest BCUT2D eigenvalue weighted by Crippen LogP contribution is -2.14. The molecule has 166 valence electrons. The fraction of sp³-hybridized carbons (Fsp3) is 0.0870. The van der Waals surface area contributed by atoms with Crippen LogP contribution in [-0.2, 0) is 0 Å². The number of halogens is 1. The van der Waals surface area contributed by atoms with Gasteiger partial charge in [-0.3, -0.25) is 14.9 Å². The summed E-state index contributed by atoms with van der Waals surface area (Å²) in [6.07, 6.45) is 0. The van der Waals surface area contributed by atoms with Gasteiger partial charge in [0.25, 0.3) is 11.6 Å². The zero-order valence-electron chi connectivity index (χ0n) is 17.4. The molecule has 4 rings (SSSR count). The van der Waals surface area contributed by atoms with E-state index in [1.165, 1.54) is 22.9 Å². The van der Waals surface area contributed by atoms with Crippen molar-refractivity contribution < 1.29 is 14.5 Å². The zero-order valence-corrected chi connectivity index (χ0v) is 18.2. The smallest absolute Gasteiger partial charge is 0.295 e. The van der Waals surface area contributed by atoms with Crippen molar-refractivity contribution in [1.82, 2.24) is 14.8 Å². The number of hydrogen-bond donors (Lipinski definition) is 1. The zero-order chi connectivity index (χ0) is 23.4. The van der Waals surface area contributed by atoms with Crippen molar-refractivity contribution in [3.05, 3.63) is 93.8 Å². The van der Waals surface area contributed by atoms with Gasteiger partial charge in [-0.05, 0) is 49.4 Å². The summed E-state index contributed by atoms with van der Waals surface area (Å²) in [5.41, 5.74) is 1.45. The SMILES string of the molecule is CCOc1ccc(-n2nc(C(=O)Nc3cccc([N+](=O)[O-])c3)nc2-c2cccc(Cl)c2)cc1. The third-order valence-electron chi connectivity index (χ3n) is 4.60. The summed E-state index contributed by atoms with van der Waals surface area (Å²) in [5.74, 6) is 0.397. The van der Waals surface area contributed by atoms with Gasteiger partial charge in [0.1, 0.15) is 5.75 Å². The first kappa shape index (κ1) is 22.0. The number of nitrogens with zero attached hydrogens (tertiary/aromatic N) is 4. The van der Waals surface area contributed by atoms with E-state index in [9.17, 15) is 14.9 Å². The molecule has 3 aromatic carbocycles. The third-order valence-corrected chi connectivity index (χ3v) is 4.84. The summed E-state index contributed by atoms with van der Waals surface area (Å²) in [5, 5.41) is 18.5. The Labute approximate surface area is 193 Å². The van der Waals surface area contributed by atoms with Crippen molar-refractivity contribution in [3.63, 3.8) is 0 Å². The Morgan fingerprint density at radius 3 is 2.58 bits per heavy atom. The Morgan fingerprint density at radius 2 is 1.88 bits per heavy atom. The number of benzene rings is 3. The molecule has 4 aromatic rings. The second kappa shape index (κ2) is 9.49. The lowest BCUT2D eigenvalue weighted by Gasteiger charge is -2.08. The number of aromatic nitrogens is 3. The third kappa shape index (κ3) is 4.99. The average Bonchev–Trinajstić information content (AvgIpc) is 3.26. The van der Waals surface area contributed by atoms with E-state index >= 15 is 0 Å². The molecule has 0 unspecified atom stereocenters. The predicted octanol–water partition coefficient (Wildman–Crippen LogP) is 5.15. The van der Waals surface area contributed by atoms with E-state index in [2.05, 4.69) is 15.4 Å². The van der Waals surface area contributed by atoms with Gasteiger partial charge in [0.05, 0.1) is 17.2 Å². The lowest BCUT2D eigenvalue weighted by molar-refractivity contribution is -0.384. The molecule has 33 heavy (non-hydrogen) atoms. The molecule has 1 amide bonds. The molecule has 0 aliphatic carbocycles. The van der Waals surface area contributed by atoms with Gasteiger partial charge in [0.2, 0.25) is 5.82 Å². The Bertz CT molecular complexity index is 1320. The van der Waals surface area contributed by atoms with E-state index in [1.54, 1.807) is 48.5 Å². The summed E-state index contributed by atoms with van der Waals surface area (Å²) < 4.78 is 7.02. The highest BCUT2D eigenvalue weighted by molar-refractivity contribution is 6.30. The van der Waals surface area contributed by atoms with Crippen LogP contribution >= 0.6 is 11.6 Å². The van der Waals surface area contributed by atoms with Gasteiger partial charge >= 0.3 is 0 Å². The molecule has 1 aromatic heterocycles. The van der Waals surface area contributed by atoms with E-state index < -0.39 is 10.8 Å². The first-order valence-electron chi connectivity index (χ1n) is 9.96. The predicted molar refractivity (Wildman–Crippen MR) is 124 cm³/mol. The molecule has 0 bridgehead atoms. The molecular formula is C23H18ClN5O4. The molecular weight excluding hydrogens is 446 g/mol. The number of non-ortho nitro benzene ring substituents is 1. The molecule has 0 saturated carbocycles. The van der Waals surface area contributed by atoms with Crippen molar-refractivity contribution in [3.8, 4) is 22.8 Å². The number of amides is 1. The molecule has 10 heteroatoms. The number of carbonyl (C=O) groups is 1. The van der Waals surface area contributed by atoms with E-state index in [-0.39, 0.29) is 17.2 Å². The Kier molecular flexibility index (Phi) is 6.32. The van der Waals surface area contributed by atoms with Crippen LogP contribution in [0, 0.1) is 10.1 Å². The molecule has 9 nitrogen and oxygen atoms in total. The monoisotopic (exact) mass is 463 g/mol. The number of nitro groups is 1. The highest BCUT2D eigenvalue weighted by atomic mass is 35.5. The van der Waals surface area contributed by atoms with Gasteiger partial charge in [0, 0.05) is 28.4 Å². The minimum Gasteiger partial charge on any atom is -0.494 e. The van der Waals surface area contributed by atoms with Crippen molar-refractivity contribution in [2.45, 2.75) is 6.92 Å². The second-order valence-electron chi connectivity index (χ2n) is 6.87. The van der Waals surface area contributed by atoms with Crippen LogP contribution in [0.4, 0.5) is 11.4 Å². The normalized spacial score (nSPS) is 10.6. The average molecular weight is 464 g/mol. The van der Waals surface area contributed by atoms with Crippen LogP contribution in [-0.4, -0.2) is 32.2 Å². The van der Waals surface area contributed by atoms with Gasteiger partial charge in [-0.25, -0.2) is 9.67 Å². The standard InChI is InChI=1S/C23H18ClN5O4/c1-2-33-20-11-9-18(10-12-20)28-22(15-5-3-6-16(24)13-15)26-21(27-28)23(30)25-17-7-4-8-19(14-17)29(31)32/h3-14H,2H2,1H3,(H,25,30). The fourth-order valence-electron chi connectivity index (χ4n) is 3.14. The van der Waals surface area contributed by atoms with Gasteiger partial charge in [0.15, 0.2) is 5.82 Å². The molecule has 1 heterocycles. The first-order valence-corrected chi connectivity index (χ1v) is 10.3. The lowest BCUT2D eigenvalue weighted by atomic mass is 10.2. The molecule has 0 atom stereocenters. The second-order valence-corrected chi connectivity index (χ2v) is 7.31. The van der Waals surface area contributed by atoms with Crippen LogP contribution < -0.4 is 10.1 Å². The number of hydrogen-bond acceptors (Lipinski definition) is 6. The van der Waals surface area contributed by atoms with Crippen LogP contribution in [0.1, 0.15) is 17.5 Å². The topological polar surface area (TPSA) is 112 Å². The maximum atomic E-state index is 12.9. The number of anilines is 1. The van der Waals surface area contributed by atoms with Crippen molar-refractivity contribution in [2.24, 2.45) is 0 Å². The number of rotatable bonds is 7. The Balaban J connectivity index is 1.72. The van der Waals surface area contributed by atoms with Crippen LogP contribution in [0.5, 0.6) is 5.75 Å². The molecule has 0 aliphatic heterocycles.